The molecule has 2 aromatic rings. The average molecular weight is 313 g/mol. The Morgan fingerprint density at radius 3 is 2.78 bits per heavy atom. The Morgan fingerprint density at radius 1 is 1.39 bits per heavy atom. The Bertz CT molecular complexity index is 647. The highest BCUT2D eigenvalue weighted by molar-refractivity contribution is 5.92. The highest BCUT2D eigenvalue weighted by Gasteiger charge is 2.35. The molecule has 1 atom stereocenters. The summed E-state index contributed by atoms with van der Waals surface area (Å²) in [4.78, 5) is 12.5. The maximum Gasteiger partial charge on any atom is 0.272 e. The van der Waals surface area contributed by atoms with Crippen molar-refractivity contribution in [3.63, 3.8) is 0 Å². The third kappa shape index (κ3) is 3.62. The van der Waals surface area contributed by atoms with E-state index in [1.807, 2.05) is 36.4 Å². The molecule has 1 aromatic carbocycles. The van der Waals surface area contributed by atoms with Crippen LogP contribution >= 0.6 is 0 Å². The molecule has 1 amide bonds. The van der Waals surface area contributed by atoms with Crippen LogP contribution in [0.1, 0.15) is 54.0 Å². The monoisotopic (exact) mass is 313 g/mol. The smallest absolute Gasteiger partial charge is 0.272 e. The molecular weight excluding hydrogens is 290 g/mol. The first-order valence-corrected chi connectivity index (χ1v) is 8.25. The Hall–Kier alpha value is -2.14. The number of amides is 1. The molecule has 5 nitrogen and oxygen atoms in total. The molecule has 1 heterocycles. The molecule has 0 radical (unpaired) electrons. The van der Waals surface area contributed by atoms with E-state index in [1.54, 1.807) is 0 Å². The van der Waals surface area contributed by atoms with Gasteiger partial charge in [-0.15, -0.1) is 0 Å². The molecule has 0 bridgehead atoms. The van der Waals surface area contributed by atoms with E-state index in [0.717, 1.165) is 36.9 Å². The van der Waals surface area contributed by atoms with Gasteiger partial charge in [0.1, 0.15) is 5.69 Å². The van der Waals surface area contributed by atoms with Crippen LogP contribution in [0, 0.1) is 5.92 Å². The van der Waals surface area contributed by atoms with E-state index < -0.39 is 0 Å². The van der Waals surface area contributed by atoms with Crippen LogP contribution in [0.25, 0.3) is 0 Å². The lowest BCUT2D eigenvalue weighted by molar-refractivity contribution is 0.0234. The Morgan fingerprint density at radius 2 is 2.13 bits per heavy atom. The van der Waals surface area contributed by atoms with E-state index in [-0.39, 0.29) is 24.0 Å². The minimum absolute atomic E-state index is 0.0848. The predicted molar refractivity (Wildman–Crippen MR) is 88.0 cm³/mol. The highest BCUT2D eigenvalue weighted by atomic mass is 16.3. The van der Waals surface area contributed by atoms with E-state index in [9.17, 15) is 9.90 Å². The van der Waals surface area contributed by atoms with Crippen LogP contribution in [-0.4, -0.2) is 27.3 Å². The topological polar surface area (TPSA) is 78.0 Å². The predicted octanol–water partition coefficient (Wildman–Crippen LogP) is 2.60. The summed E-state index contributed by atoms with van der Waals surface area (Å²) in [5, 5.41) is 19.7. The van der Waals surface area contributed by atoms with Gasteiger partial charge in [-0.25, -0.2) is 0 Å². The van der Waals surface area contributed by atoms with Gasteiger partial charge in [0.05, 0.1) is 12.1 Å². The Labute approximate surface area is 136 Å². The fraction of sp³-hybridized carbons (Fsp3) is 0.444. The molecule has 1 saturated carbocycles. The van der Waals surface area contributed by atoms with Crippen LogP contribution in [0.15, 0.2) is 36.4 Å². The van der Waals surface area contributed by atoms with Crippen LogP contribution in [0.4, 0.5) is 0 Å². The van der Waals surface area contributed by atoms with Crippen LogP contribution in [-0.2, 0) is 6.42 Å². The second-order valence-corrected chi connectivity index (χ2v) is 6.28. The number of aryl methyl sites for hydroxylation is 1. The van der Waals surface area contributed by atoms with Crippen LogP contribution in [0.3, 0.4) is 0 Å². The van der Waals surface area contributed by atoms with Crippen molar-refractivity contribution in [2.45, 2.75) is 44.8 Å². The molecule has 0 saturated heterocycles. The first kappa shape index (κ1) is 15.7. The maximum absolute atomic E-state index is 12.5. The van der Waals surface area contributed by atoms with E-state index in [4.69, 9.17) is 0 Å². The molecule has 3 rings (SSSR count). The van der Waals surface area contributed by atoms with Gasteiger partial charge in [-0.1, -0.05) is 43.7 Å². The number of aliphatic hydroxyl groups excluding tert-OH is 1. The van der Waals surface area contributed by atoms with Gasteiger partial charge in [0.25, 0.3) is 5.91 Å². The number of aliphatic hydroxyl groups is 1. The van der Waals surface area contributed by atoms with Crippen molar-refractivity contribution < 1.29 is 9.90 Å². The lowest BCUT2D eigenvalue weighted by atomic mass is 9.75. The van der Waals surface area contributed by atoms with Crippen molar-refractivity contribution in [3.8, 4) is 0 Å². The molecule has 1 aliphatic rings. The van der Waals surface area contributed by atoms with Gasteiger partial charge in [-0.3, -0.25) is 9.89 Å². The summed E-state index contributed by atoms with van der Waals surface area (Å²) in [6.07, 6.45) is 3.10. The molecular formula is C18H23N3O2. The molecule has 1 aromatic heterocycles. The lowest BCUT2D eigenvalue weighted by Gasteiger charge is -2.38. The number of rotatable bonds is 6. The van der Waals surface area contributed by atoms with Crippen LogP contribution < -0.4 is 5.32 Å². The number of nitrogens with one attached hydrogen (secondary N) is 2. The Kier molecular flexibility index (Phi) is 4.76. The minimum atomic E-state index is -0.246. The molecule has 1 fully saturated rings. The first-order valence-electron chi connectivity index (χ1n) is 8.25. The molecule has 122 valence electrons. The summed E-state index contributed by atoms with van der Waals surface area (Å²) >= 11 is 0. The number of hydrogen-bond donors (Lipinski definition) is 3. The van der Waals surface area contributed by atoms with E-state index in [0.29, 0.717) is 5.69 Å². The third-order valence-corrected chi connectivity index (χ3v) is 4.45. The molecule has 3 N–H and O–H groups in total. The van der Waals surface area contributed by atoms with Crippen molar-refractivity contribution in [2.75, 3.05) is 0 Å². The Balaban J connectivity index is 1.73. The standard InChI is InChI=1S/C18H23N3O2/c1-2-6-14-11-16(21-20-14)18(23)19-17(13-9-15(22)10-13)12-7-4-3-5-8-12/h3-5,7-8,11,13,15,17,22H,2,6,9-10H2,1H3,(H,19,23)(H,20,21)/t13?,15?,17-/m0/s1. The second kappa shape index (κ2) is 6.96. The zero-order valence-electron chi connectivity index (χ0n) is 13.3. The number of aromatic amines is 1. The molecule has 1 aliphatic carbocycles. The van der Waals surface area contributed by atoms with Crippen molar-refractivity contribution in [3.05, 3.63) is 53.3 Å². The fourth-order valence-corrected chi connectivity index (χ4v) is 3.13. The molecule has 5 heteroatoms. The summed E-state index contributed by atoms with van der Waals surface area (Å²) < 4.78 is 0. The number of carbonyl (C=O) groups is 1. The summed E-state index contributed by atoms with van der Waals surface area (Å²) in [5.74, 6) is 0.101. The summed E-state index contributed by atoms with van der Waals surface area (Å²) in [7, 11) is 0. The second-order valence-electron chi connectivity index (χ2n) is 6.28. The van der Waals surface area contributed by atoms with Crippen molar-refractivity contribution >= 4 is 5.91 Å². The van der Waals surface area contributed by atoms with Crippen molar-refractivity contribution in [2.24, 2.45) is 5.92 Å². The number of nitrogens with zero attached hydrogens (tertiary/aromatic N) is 1. The zero-order chi connectivity index (χ0) is 16.2. The highest BCUT2D eigenvalue weighted by Crippen LogP contribution is 2.38. The quantitative estimate of drug-likeness (QED) is 0.767. The summed E-state index contributed by atoms with van der Waals surface area (Å²) in [5.41, 5.74) is 2.48. The first-order chi connectivity index (χ1) is 11.2. The number of aromatic nitrogens is 2. The van der Waals surface area contributed by atoms with Gasteiger partial charge in [0.2, 0.25) is 0 Å². The van der Waals surface area contributed by atoms with Gasteiger partial charge < -0.3 is 10.4 Å². The number of H-pyrrole nitrogens is 1. The van der Waals surface area contributed by atoms with E-state index in [1.165, 1.54) is 0 Å². The van der Waals surface area contributed by atoms with Gasteiger partial charge in [-0.2, -0.15) is 5.10 Å². The van der Waals surface area contributed by atoms with E-state index >= 15 is 0 Å². The normalized spacial score (nSPS) is 21.5. The van der Waals surface area contributed by atoms with Gasteiger partial charge >= 0.3 is 0 Å². The van der Waals surface area contributed by atoms with Gasteiger partial charge in [0, 0.05) is 5.69 Å². The molecule has 0 unspecified atom stereocenters. The van der Waals surface area contributed by atoms with E-state index in [2.05, 4.69) is 22.4 Å². The SMILES string of the molecule is CCCc1cc(C(=O)N[C@@H](c2ccccc2)C2CC(O)C2)n[nH]1. The van der Waals surface area contributed by atoms with Crippen molar-refractivity contribution in [1.29, 1.82) is 0 Å². The van der Waals surface area contributed by atoms with Gasteiger partial charge in [-0.05, 0) is 36.8 Å². The lowest BCUT2D eigenvalue weighted by Crippen LogP contribution is -2.41. The molecule has 0 aliphatic heterocycles. The third-order valence-electron chi connectivity index (χ3n) is 4.45. The van der Waals surface area contributed by atoms with Crippen LogP contribution in [0.2, 0.25) is 0 Å². The average Bonchev–Trinajstić information content (AvgIpc) is 3.00. The molecule has 0 spiro atoms. The maximum atomic E-state index is 12.5. The largest absolute Gasteiger partial charge is 0.393 e. The van der Waals surface area contributed by atoms with Crippen LogP contribution in [0.5, 0.6) is 0 Å². The molecule has 23 heavy (non-hydrogen) atoms. The number of hydrogen-bond acceptors (Lipinski definition) is 3. The van der Waals surface area contributed by atoms with Crippen molar-refractivity contribution in [1.82, 2.24) is 15.5 Å². The number of carbonyl (C=O) groups excluding carboxylic acids is 1. The summed E-state index contributed by atoms with van der Waals surface area (Å²) in [6, 6.07) is 11.7. The minimum Gasteiger partial charge on any atom is -0.393 e. The fourth-order valence-electron chi connectivity index (χ4n) is 3.13. The zero-order valence-corrected chi connectivity index (χ0v) is 13.3. The number of benzene rings is 1. The van der Waals surface area contributed by atoms with Gasteiger partial charge in [0.15, 0.2) is 0 Å². The summed E-state index contributed by atoms with van der Waals surface area (Å²) in [6.45, 7) is 2.09.